The molecule has 0 aliphatic carbocycles. The van der Waals surface area contributed by atoms with Gasteiger partial charge in [-0.1, -0.05) is 0 Å². The highest BCUT2D eigenvalue weighted by atomic mass is 32.2. The predicted molar refractivity (Wildman–Crippen MR) is 51.4 cm³/mol. The van der Waals surface area contributed by atoms with E-state index < -0.39 is 16.0 Å². The Morgan fingerprint density at radius 3 is 2.80 bits per heavy atom. The molecule has 0 saturated carbocycles. The van der Waals surface area contributed by atoms with Gasteiger partial charge in [-0.3, -0.25) is 10.2 Å². The molecule has 1 heterocycles. The molecule has 0 saturated heterocycles. The van der Waals surface area contributed by atoms with Gasteiger partial charge >= 0.3 is 10.1 Å². The second kappa shape index (κ2) is 4.24. The Balaban J connectivity index is 2.98. The van der Waals surface area contributed by atoms with Crippen LogP contribution in [0.2, 0.25) is 0 Å². The summed E-state index contributed by atoms with van der Waals surface area (Å²) in [5.41, 5.74) is 2.06. The molecule has 8 heteroatoms. The molecule has 0 aliphatic rings. The Hall–Kier alpha value is -1.67. The van der Waals surface area contributed by atoms with Crippen molar-refractivity contribution in [2.45, 2.75) is 0 Å². The van der Waals surface area contributed by atoms with Crippen LogP contribution in [0, 0.1) is 0 Å². The number of amides is 1. The molecule has 0 atom stereocenters. The number of nitrogen functional groups attached to an aromatic ring is 1. The Labute approximate surface area is 86.4 Å². The highest BCUT2D eigenvalue weighted by Gasteiger charge is 2.09. The Morgan fingerprint density at radius 1 is 1.60 bits per heavy atom. The van der Waals surface area contributed by atoms with Gasteiger partial charge in [-0.25, -0.2) is 10.8 Å². The van der Waals surface area contributed by atoms with Gasteiger partial charge in [-0.2, -0.15) is 8.42 Å². The highest BCUT2D eigenvalue weighted by Crippen LogP contribution is 2.10. The third-order valence-corrected chi connectivity index (χ3v) is 1.84. The summed E-state index contributed by atoms with van der Waals surface area (Å²) in [4.78, 5) is 14.7. The van der Waals surface area contributed by atoms with E-state index in [-0.39, 0.29) is 11.4 Å². The number of nitrogens with one attached hydrogen (secondary N) is 1. The van der Waals surface area contributed by atoms with Crippen LogP contribution in [0.3, 0.4) is 0 Å². The van der Waals surface area contributed by atoms with E-state index in [1.165, 1.54) is 18.3 Å². The number of nitrogens with zero attached hydrogens (tertiary/aromatic N) is 1. The van der Waals surface area contributed by atoms with Gasteiger partial charge < -0.3 is 4.18 Å². The lowest BCUT2D eigenvalue weighted by atomic mass is 10.2. The number of nitrogens with two attached hydrogens (primary N) is 1. The Kier molecular flexibility index (Phi) is 3.22. The van der Waals surface area contributed by atoms with Gasteiger partial charge in [-0.05, 0) is 6.07 Å². The summed E-state index contributed by atoms with van der Waals surface area (Å²) in [6, 6.07) is 2.54. The number of hydrazine groups is 1. The third-order valence-electron chi connectivity index (χ3n) is 1.36. The molecule has 1 aromatic rings. The fourth-order valence-corrected chi connectivity index (χ4v) is 1.24. The molecule has 82 valence electrons. The number of hydrogen-bond donors (Lipinski definition) is 2. The summed E-state index contributed by atoms with van der Waals surface area (Å²) in [5.74, 6) is 4.16. The number of hydrogen-bond acceptors (Lipinski definition) is 6. The van der Waals surface area contributed by atoms with E-state index in [0.717, 1.165) is 6.26 Å². The molecule has 1 rings (SSSR count). The zero-order valence-electron chi connectivity index (χ0n) is 7.80. The van der Waals surface area contributed by atoms with Gasteiger partial charge in [0.15, 0.2) is 0 Å². The minimum absolute atomic E-state index is 0.158. The highest BCUT2D eigenvalue weighted by molar-refractivity contribution is 7.86. The molecule has 0 aromatic carbocycles. The molecule has 0 aliphatic heterocycles. The smallest absolute Gasteiger partial charge is 0.307 e. The molecular weight excluding hydrogens is 222 g/mol. The van der Waals surface area contributed by atoms with Crippen molar-refractivity contribution in [1.29, 1.82) is 0 Å². The first-order valence-corrected chi connectivity index (χ1v) is 5.60. The van der Waals surface area contributed by atoms with E-state index in [9.17, 15) is 13.2 Å². The van der Waals surface area contributed by atoms with E-state index >= 15 is 0 Å². The molecule has 15 heavy (non-hydrogen) atoms. The lowest BCUT2D eigenvalue weighted by Gasteiger charge is -2.03. The number of carbonyl (C=O) groups excluding carboxylic acids is 1. The molecule has 0 fully saturated rings. The topological polar surface area (TPSA) is 111 Å². The van der Waals surface area contributed by atoms with Crippen molar-refractivity contribution in [3.63, 3.8) is 0 Å². The maximum atomic E-state index is 11.1. The van der Waals surface area contributed by atoms with Crippen LogP contribution in [0.15, 0.2) is 18.3 Å². The first-order chi connectivity index (χ1) is 6.92. The van der Waals surface area contributed by atoms with Crippen LogP contribution >= 0.6 is 0 Å². The molecule has 0 radical (unpaired) electrons. The lowest BCUT2D eigenvalue weighted by molar-refractivity contribution is 0.0953. The van der Waals surface area contributed by atoms with E-state index in [1.807, 2.05) is 5.43 Å². The van der Waals surface area contributed by atoms with E-state index in [0.29, 0.717) is 0 Å². The van der Waals surface area contributed by atoms with Crippen LogP contribution in [0.25, 0.3) is 0 Å². The van der Waals surface area contributed by atoms with E-state index in [1.54, 1.807) is 0 Å². The maximum Gasteiger partial charge on any atom is 0.307 e. The molecule has 0 unspecified atom stereocenters. The van der Waals surface area contributed by atoms with Crippen molar-refractivity contribution in [3.8, 4) is 5.88 Å². The minimum atomic E-state index is -3.65. The molecule has 0 bridgehead atoms. The van der Waals surface area contributed by atoms with Crippen molar-refractivity contribution in [2.24, 2.45) is 5.84 Å². The number of carbonyl (C=O) groups is 1. The minimum Gasteiger partial charge on any atom is -0.362 e. The fourth-order valence-electron chi connectivity index (χ4n) is 0.835. The van der Waals surface area contributed by atoms with Gasteiger partial charge in [0.25, 0.3) is 5.91 Å². The number of rotatable bonds is 3. The molecule has 1 aromatic heterocycles. The van der Waals surface area contributed by atoms with Gasteiger partial charge in [0.05, 0.1) is 6.26 Å². The maximum absolute atomic E-state index is 11.1. The van der Waals surface area contributed by atoms with Gasteiger partial charge in [0.1, 0.15) is 0 Å². The summed E-state index contributed by atoms with van der Waals surface area (Å²) in [6.45, 7) is 0. The standard InChI is InChI=1S/C7H9N3O4S/c1-15(12,13)14-6-4-5(2-3-9-6)7(11)10-8/h2-4H,8H2,1H3,(H,10,11). The summed E-state index contributed by atoms with van der Waals surface area (Å²) in [5, 5.41) is 0. The monoisotopic (exact) mass is 231 g/mol. The summed E-state index contributed by atoms with van der Waals surface area (Å²) in [6.07, 6.45) is 2.12. The zero-order chi connectivity index (χ0) is 11.5. The van der Waals surface area contributed by atoms with Crippen molar-refractivity contribution in [3.05, 3.63) is 23.9 Å². The van der Waals surface area contributed by atoms with E-state index in [2.05, 4.69) is 9.17 Å². The Morgan fingerprint density at radius 2 is 2.27 bits per heavy atom. The van der Waals surface area contributed by atoms with Crippen LogP contribution < -0.4 is 15.5 Å². The average Bonchev–Trinajstić information content (AvgIpc) is 2.14. The summed E-state index contributed by atoms with van der Waals surface area (Å²) < 4.78 is 26.0. The van der Waals surface area contributed by atoms with Crippen LogP contribution in [0.1, 0.15) is 10.4 Å². The molecule has 0 spiro atoms. The summed E-state index contributed by atoms with van der Waals surface area (Å²) in [7, 11) is -3.65. The van der Waals surface area contributed by atoms with Crippen LogP contribution in [0.5, 0.6) is 5.88 Å². The Bertz CT molecular complexity index is 471. The quantitative estimate of drug-likeness (QED) is 0.299. The molecular formula is C7H9N3O4S. The third kappa shape index (κ3) is 3.52. The second-order valence-corrected chi connectivity index (χ2v) is 4.22. The van der Waals surface area contributed by atoms with Crippen molar-refractivity contribution >= 4 is 16.0 Å². The normalized spacial score (nSPS) is 10.8. The second-order valence-electron chi connectivity index (χ2n) is 2.64. The van der Waals surface area contributed by atoms with Gasteiger partial charge in [0, 0.05) is 17.8 Å². The first kappa shape index (κ1) is 11.4. The molecule has 7 nitrogen and oxygen atoms in total. The van der Waals surface area contributed by atoms with E-state index in [4.69, 9.17) is 5.84 Å². The summed E-state index contributed by atoms with van der Waals surface area (Å²) >= 11 is 0. The van der Waals surface area contributed by atoms with Crippen molar-refractivity contribution in [2.75, 3.05) is 6.26 Å². The van der Waals surface area contributed by atoms with Gasteiger partial charge in [-0.15, -0.1) is 0 Å². The average molecular weight is 231 g/mol. The van der Waals surface area contributed by atoms with Crippen LogP contribution in [-0.4, -0.2) is 25.6 Å². The zero-order valence-corrected chi connectivity index (χ0v) is 8.61. The van der Waals surface area contributed by atoms with Crippen LogP contribution in [-0.2, 0) is 10.1 Å². The number of aromatic nitrogens is 1. The lowest BCUT2D eigenvalue weighted by Crippen LogP contribution is -2.30. The van der Waals surface area contributed by atoms with Gasteiger partial charge in [0.2, 0.25) is 5.88 Å². The van der Waals surface area contributed by atoms with Crippen LogP contribution in [0.4, 0.5) is 0 Å². The van der Waals surface area contributed by atoms with Crippen molar-refractivity contribution in [1.82, 2.24) is 10.4 Å². The SMILES string of the molecule is CS(=O)(=O)Oc1cc(C(=O)NN)ccn1. The predicted octanol–water partition coefficient (Wildman–Crippen LogP) is -0.976. The van der Waals surface area contributed by atoms with Crippen molar-refractivity contribution < 1.29 is 17.4 Å². The molecule has 3 N–H and O–H groups in total. The fraction of sp³-hybridized carbons (Fsp3) is 0.143. The molecule has 1 amide bonds. The first-order valence-electron chi connectivity index (χ1n) is 3.79. The number of pyridine rings is 1. The largest absolute Gasteiger partial charge is 0.362 e.